The van der Waals surface area contributed by atoms with Crippen LogP contribution >= 0.6 is 0 Å². The number of amides is 2. The third-order valence-electron chi connectivity index (χ3n) is 4.64. The summed E-state index contributed by atoms with van der Waals surface area (Å²) >= 11 is 0. The molecule has 3 rings (SSSR count). The number of rotatable bonds is 4. The monoisotopic (exact) mass is 328 g/mol. The molecule has 6 heteroatoms. The van der Waals surface area contributed by atoms with Gasteiger partial charge in [0.1, 0.15) is 0 Å². The summed E-state index contributed by atoms with van der Waals surface area (Å²) in [5.41, 5.74) is 2.50. The van der Waals surface area contributed by atoms with E-state index in [4.69, 9.17) is 0 Å². The van der Waals surface area contributed by atoms with E-state index in [1.165, 1.54) is 0 Å². The first-order valence-electron chi connectivity index (χ1n) is 8.58. The zero-order valence-corrected chi connectivity index (χ0v) is 14.4. The van der Waals surface area contributed by atoms with Crippen LogP contribution in [-0.4, -0.2) is 57.3 Å². The molecule has 0 unspecified atom stereocenters. The van der Waals surface area contributed by atoms with Gasteiger partial charge in [-0.15, -0.1) is 0 Å². The maximum Gasteiger partial charge on any atom is 0.254 e. The molecule has 1 aromatic carbocycles. The van der Waals surface area contributed by atoms with Crippen LogP contribution in [0.15, 0.2) is 24.5 Å². The largest absolute Gasteiger partial charge is 0.339 e. The lowest BCUT2D eigenvalue weighted by Gasteiger charge is -2.35. The van der Waals surface area contributed by atoms with Crippen LogP contribution in [0.25, 0.3) is 11.0 Å². The van der Waals surface area contributed by atoms with Gasteiger partial charge in [-0.2, -0.15) is 0 Å². The predicted molar refractivity (Wildman–Crippen MR) is 92.7 cm³/mol. The van der Waals surface area contributed by atoms with E-state index in [1.807, 2.05) is 39.6 Å². The van der Waals surface area contributed by atoms with Gasteiger partial charge in [0, 0.05) is 45.2 Å². The van der Waals surface area contributed by atoms with Crippen molar-refractivity contribution in [3.05, 3.63) is 30.1 Å². The van der Waals surface area contributed by atoms with Crippen LogP contribution in [0.5, 0.6) is 0 Å². The van der Waals surface area contributed by atoms with Crippen molar-refractivity contribution in [2.24, 2.45) is 7.05 Å². The minimum Gasteiger partial charge on any atom is -0.339 e. The molecule has 1 aromatic heterocycles. The second-order valence-corrected chi connectivity index (χ2v) is 6.34. The Hall–Kier alpha value is -2.37. The molecule has 2 aromatic rings. The molecule has 128 valence electrons. The van der Waals surface area contributed by atoms with E-state index in [0.29, 0.717) is 38.2 Å². The van der Waals surface area contributed by atoms with Crippen molar-refractivity contribution in [1.29, 1.82) is 0 Å². The highest BCUT2D eigenvalue weighted by atomic mass is 16.2. The zero-order valence-electron chi connectivity index (χ0n) is 14.4. The molecule has 1 fully saturated rings. The van der Waals surface area contributed by atoms with Crippen molar-refractivity contribution in [3.8, 4) is 0 Å². The summed E-state index contributed by atoms with van der Waals surface area (Å²) < 4.78 is 1.93. The minimum atomic E-state index is 0.0169. The van der Waals surface area contributed by atoms with Gasteiger partial charge in [-0.3, -0.25) is 9.59 Å². The molecule has 1 aliphatic rings. The molecule has 2 heterocycles. The summed E-state index contributed by atoms with van der Waals surface area (Å²) in [6.07, 6.45) is 4.32. The van der Waals surface area contributed by atoms with E-state index >= 15 is 0 Å². The average molecular weight is 328 g/mol. The Kier molecular flexibility index (Phi) is 4.83. The first-order valence-corrected chi connectivity index (χ1v) is 8.58. The molecule has 2 amide bonds. The van der Waals surface area contributed by atoms with Gasteiger partial charge in [-0.1, -0.05) is 13.3 Å². The van der Waals surface area contributed by atoms with Gasteiger partial charge in [0.2, 0.25) is 5.91 Å². The van der Waals surface area contributed by atoms with Gasteiger partial charge in [0.25, 0.3) is 5.91 Å². The highest BCUT2D eigenvalue weighted by molar-refractivity contribution is 5.97. The number of aryl methyl sites for hydroxylation is 1. The molecule has 0 N–H and O–H groups in total. The molecular weight excluding hydrogens is 304 g/mol. The molecule has 0 radical (unpaired) electrons. The number of unbranched alkanes of at least 4 members (excludes halogenated alkanes) is 1. The summed E-state index contributed by atoms with van der Waals surface area (Å²) in [7, 11) is 1.94. The maximum atomic E-state index is 12.7. The van der Waals surface area contributed by atoms with Crippen LogP contribution in [0.2, 0.25) is 0 Å². The van der Waals surface area contributed by atoms with Crippen LogP contribution < -0.4 is 0 Å². The van der Waals surface area contributed by atoms with E-state index in [1.54, 1.807) is 6.33 Å². The van der Waals surface area contributed by atoms with Crippen molar-refractivity contribution in [1.82, 2.24) is 19.4 Å². The summed E-state index contributed by atoms with van der Waals surface area (Å²) in [6, 6.07) is 5.63. The van der Waals surface area contributed by atoms with Gasteiger partial charge in [0.05, 0.1) is 17.4 Å². The standard InChI is InChI=1S/C18H24N4O2/c1-3-4-5-17(23)21-8-10-22(11-9-21)18(24)14-6-7-16-15(12-14)19-13-20(16)2/h6-7,12-13H,3-5,8-11H2,1-2H3. The molecule has 0 bridgehead atoms. The second-order valence-electron chi connectivity index (χ2n) is 6.34. The van der Waals surface area contributed by atoms with Crippen LogP contribution in [0.1, 0.15) is 36.5 Å². The van der Waals surface area contributed by atoms with Crippen molar-refractivity contribution < 1.29 is 9.59 Å². The van der Waals surface area contributed by atoms with Gasteiger partial charge in [-0.05, 0) is 24.6 Å². The maximum absolute atomic E-state index is 12.7. The first-order chi connectivity index (χ1) is 11.6. The number of piperazine rings is 1. The number of nitrogens with zero attached hydrogens (tertiary/aromatic N) is 4. The predicted octanol–water partition coefficient (Wildman–Crippen LogP) is 2.05. The number of hydrogen-bond acceptors (Lipinski definition) is 3. The Bertz CT molecular complexity index is 745. The summed E-state index contributed by atoms with van der Waals surface area (Å²) in [4.78, 5) is 32.8. The van der Waals surface area contributed by atoms with Gasteiger partial charge >= 0.3 is 0 Å². The molecule has 1 aliphatic heterocycles. The third kappa shape index (κ3) is 3.27. The molecule has 0 saturated carbocycles. The average Bonchev–Trinajstić information content (AvgIpc) is 2.99. The van der Waals surface area contributed by atoms with Crippen LogP contribution in [0, 0.1) is 0 Å². The van der Waals surface area contributed by atoms with E-state index in [-0.39, 0.29) is 11.8 Å². The van der Waals surface area contributed by atoms with Crippen LogP contribution in [0.4, 0.5) is 0 Å². The Morgan fingerprint density at radius 3 is 2.54 bits per heavy atom. The number of carbonyl (C=O) groups excluding carboxylic acids is 2. The fraction of sp³-hybridized carbons (Fsp3) is 0.500. The van der Waals surface area contributed by atoms with Gasteiger partial charge in [0.15, 0.2) is 0 Å². The lowest BCUT2D eigenvalue weighted by molar-refractivity contribution is -0.132. The molecule has 1 saturated heterocycles. The fourth-order valence-electron chi connectivity index (χ4n) is 3.10. The van der Waals surface area contributed by atoms with Crippen molar-refractivity contribution >= 4 is 22.8 Å². The SMILES string of the molecule is CCCCC(=O)N1CCN(C(=O)c2ccc3c(c2)ncn3C)CC1. The Morgan fingerprint density at radius 2 is 1.83 bits per heavy atom. The van der Waals surface area contributed by atoms with E-state index in [2.05, 4.69) is 11.9 Å². The molecule has 0 atom stereocenters. The summed E-state index contributed by atoms with van der Waals surface area (Å²) in [5.74, 6) is 0.224. The topological polar surface area (TPSA) is 58.4 Å². The van der Waals surface area contributed by atoms with Crippen LogP contribution in [-0.2, 0) is 11.8 Å². The number of aromatic nitrogens is 2. The second kappa shape index (κ2) is 7.03. The Balaban J connectivity index is 1.62. The molecule has 0 spiro atoms. The molecule has 0 aliphatic carbocycles. The molecule has 6 nitrogen and oxygen atoms in total. The van der Waals surface area contributed by atoms with Crippen molar-refractivity contribution in [2.75, 3.05) is 26.2 Å². The minimum absolute atomic E-state index is 0.0169. The van der Waals surface area contributed by atoms with E-state index in [9.17, 15) is 9.59 Å². The number of hydrogen-bond donors (Lipinski definition) is 0. The van der Waals surface area contributed by atoms with E-state index in [0.717, 1.165) is 23.9 Å². The fourth-order valence-corrected chi connectivity index (χ4v) is 3.10. The molecule has 24 heavy (non-hydrogen) atoms. The van der Waals surface area contributed by atoms with E-state index < -0.39 is 0 Å². The Labute approximate surface area is 142 Å². The third-order valence-corrected chi connectivity index (χ3v) is 4.64. The van der Waals surface area contributed by atoms with Gasteiger partial charge in [-0.25, -0.2) is 4.98 Å². The lowest BCUT2D eigenvalue weighted by Crippen LogP contribution is -2.50. The number of fused-ring (bicyclic) bond motifs is 1. The van der Waals surface area contributed by atoms with Gasteiger partial charge < -0.3 is 14.4 Å². The first kappa shape index (κ1) is 16.5. The van der Waals surface area contributed by atoms with Crippen molar-refractivity contribution in [3.63, 3.8) is 0 Å². The highest BCUT2D eigenvalue weighted by Crippen LogP contribution is 2.16. The summed E-state index contributed by atoms with van der Waals surface area (Å²) in [5, 5.41) is 0. The Morgan fingerprint density at radius 1 is 1.12 bits per heavy atom. The number of imidazole rings is 1. The smallest absolute Gasteiger partial charge is 0.254 e. The molecular formula is C18H24N4O2. The highest BCUT2D eigenvalue weighted by Gasteiger charge is 2.24. The van der Waals surface area contributed by atoms with Crippen LogP contribution in [0.3, 0.4) is 0 Å². The quantitative estimate of drug-likeness (QED) is 0.863. The zero-order chi connectivity index (χ0) is 17.1. The number of carbonyl (C=O) groups is 2. The normalized spacial score (nSPS) is 15.1. The number of benzene rings is 1. The summed E-state index contributed by atoms with van der Waals surface area (Å²) in [6.45, 7) is 4.52. The van der Waals surface area contributed by atoms with Crippen molar-refractivity contribution in [2.45, 2.75) is 26.2 Å². The lowest BCUT2D eigenvalue weighted by atomic mass is 10.1.